The molecule has 0 saturated heterocycles. The van der Waals surface area contributed by atoms with Gasteiger partial charge in [0.15, 0.2) is 0 Å². The van der Waals surface area contributed by atoms with Crippen LogP contribution in [-0.4, -0.2) is 23.3 Å². The third-order valence-electron chi connectivity index (χ3n) is 15.1. The van der Waals surface area contributed by atoms with Crippen molar-refractivity contribution in [3.8, 4) is 39.9 Å². The molecular formula is C66H48N6. The second kappa shape index (κ2) is 15.4. The van der Waals surface area contributed by atoms with Gasteiger partial charge in [-0.25, -0.2) is 0 Å². The number of para-hydroxylation sites is 4. The molecule has 0 amide bonds. The van der Waals surface area contributed by atoms with Crippen LogP contribution in [0.15, 0.2) is 182 Å². The van der Waals surface area contributed by atoms with Gasteiger partial charge < -0.3 is 18.3 Å². The van der Waals surface area contributed by atoms with Gasteiger partial charge in [-0.15, -0.1) is 0 Å². The predicted molar refractivity (Wildman–Crippen MR) is 300 cm³/mol. The summed E-state index contributed by atoms with van der Waals surface area (Å²) >= 11 is 0. The fourth-order valence-corrected chi connectivity index (χ4v) is 12.2. The van der Waals surface area contributed by atoms with E-state index in [1.54, 1.807) is 0 Å². The van der Waals surface area contributed by atoms with Crippen molar-refractivity contribution in [1.29, 1.82) is 5.26 Å². The third-order valence-corrected chi connectivity index (χ3v) is 15.1. The highest BCUT2D eigenvalue weighted by atomic mass is 15.1. The first kappa shape index (κ1) is 41.8. The molecule has 0 aliphatic rings. The summed E-state index contributed by atoms with van der Waals surface area (Å²) in [6, 6.07) is 69.6. The number of fused-ring (bicyclic) bond motifs is 12. The van der Waals surface area contributed by atoms with E-state index in [-0.39, 0.29) is 0 Å². The Bertz CT molecular complexity index is 4690. The first-order valence-electron chi connectivity index (χ1n) is 24.8. The van der Waals surface area contributed by atoms with Crippen molar-refractivity contribution in [2.75, 3.05) is 0 Å². The molecule has 6 nitrogen and oxygen atoms in total. The minimum atomic E-state index is 0.553. The van der Waals surface area contributed by atoms with E-state index in [0.29, 0.717) is 5.56 Å². The van der Waals surface area contributed by atoms with E-state index in [1.165, 1.54) is 22.3 Å². The summed E-state index contributed by atoms with van der Waals surface area (Å²) in [6.45, 7) is 12.8. The summed E-state index contributed by atoms with van der Waals surface area (Å²) in [5.41, 5.74) is 20.7. The summed E-state index contributed by atoms with van der Waals surface area (Å²) in [5.74, 6) is 0. The predicted octanol–water partition coefficient (Wildman–Crippen LogP) is 16.9. The molecule has 0 bridgehead atoms. The first-order chi connectivity index (χ1) is 35.2. The van der Waals surface area contributed by atoms with Gasteiger partial charge in [0.25, 0.3) is 0 Å². The highest BCUT2D eigenvalue weighted by Crippen LogP contribution is 2.52. The Morgan fingerprint density at radius 2 is 0.625 bits per heavy atom. The zero-order valence-corrected chi connectivity index (χ0v) is 41.0. The second-order valence-electron chi connectivity index (χ2n) is 19.9. The molecule has 0 unspecified atom stereocenters. The molecule has 0 N–H and O–H groups in total. The van der Waals surface area contributed by atoms with Crippen LogP contribution in [0.3, 0.4) is 0 Å². The van der Waals surface area contributed by atoms with E-state index in [0.717, 1.165) is 132 Å². The van der Waals surface area contributed by atoms with Gasteiger partial charge >= 0.3 is 0 Å². The molecule has 342 valence electrons. The highest BCUT2D eigenvalue weighted by Gasteiger charge is 2.35. The van der Waals surface area contributed by atoms with Crippen LogP contribution in [0, 0.1) is 52.9 Å². The number of benzene rings is 9. The molecule has 5 aromatic heterocycles. The summed E-state index contributed by atoms with van der Waals surface area (Å²) in [5, 5.41) is 21.8. The Morgan fingerprint density at radius 3 is 0.986 bits per heavy atom. The topological polar surface area (TPSA) is 56.4 Å². The van der Waals surface area contributed by atoms with Gasteiger partial charge in [-0.05, 0) is 132 Å². The average Bonchev–Trinajstić information content (AvgIpc) is 4.09. The fraction of sp³-hybridized carbons (Fsp3) is 0.0909. The number of aryl methyl sites for hydroxylation is 6. The molecule has 9 aromatic carbocycles. The molecule has 0 fully saturated rings. The van der Waals surface area contributed by atoms with Crippen LogP contribution < -0.4 is 0 Å². The Hall–Kier alpha value is -9.18. The van der Waals surface area contributed by atoms with E-state index in [1.807, 2.05) is 0 Å². The third kappa shape index (κ3) is 5.85. The van der Waals surface area contributed by atoms with Crippen molar-refractivity contribution in [3.05, 3.63) is 221 Å². The SMILES string of the molecule is Cc1ccc2c(c1)c1ccccc1n2-c1c(C#N)c(-n2c3ccccc3c3cc(C)ccc32)c(-n2c3ccccc3c3cc(C)ccc32)c(-n2c3ccccc3c3cc(C)ccc32)c1-c1cc(C)nc(C)c1. The number of hydrogen-bond donors (Lipinski definition) is 0. The first-order valence-corrected chi connectivity index (χ1v) is 24.8. The minimum Gasteiger partial charge on any atom is -0.307 e. The molecule has 0 aliphatic heterocycles. The zero-order valence-electron chi connectivity index (χ0n) is 41.0. The van der Waals surface area contributed by atoms with E-state index >= 15 is 0 Å². The maximum atomic E-state index is 12.7. The Morgan fingerprint density at radius 1 is 0.319 bits per heavy atom. The van der Waals surface area contributed by atoms with E-state index < -0.39 is 0 Å². The van der Waals surface area contributed by atoms with Crippen LogP contribution in [0.25, 0.3) is 121 Å². The number of aromatic nitrogens is 5. The smallest absolute Gasteiger partial charge is 0.104 e. The lowest BCUT2D eigenvalue weighted by molar-refractivity contribution is 1.03. The van der Waals surface area contributed by atoms with Crippen LogP contribution in [0.4, 0.5) is 0 Å². The van der Waals surface area contributed by atoms with E-state index in [4.69, 9.17) is 4.98 Å². The van der Waals surface area contributed by atoms with Crippen molar-refractivity contribution in [1.82, 2.24) is 23.3 Å². The van der Waals surface area contributed by atoms with Crippen molar-refractivity contribution in [3.63, 3.8) is 0 Å². The molecule has 5 heterocycles. The maximum absolute atomic E-state index is 12.7. The standard InChI is InChI=1S/C66H48N6/c1-38-23-27-58-49(31-38)45-15-7-11-19-54(45)69(58)63-53(37-67)64(70-55-20-12-8-16-46(55)50-32-39(2)24-28-59(50)70)66(72-57-22-14-10-18-48(57)52-34-41(4)26-30-61(52)72)65(62(63)44-35-42(5)68-43(6)36-44)71-56-21-13-9-17-47(56)51-33-40(3)25-29-60(51)71/h7-36H,1-6H3. The molecule has 0 radical (unpaired) electrons. The molecule has 0 saturated carbocycles. The molecule has 72 heavy (non-hydrogen) atoms. The molecule has 0 spiro atoms. The maximum Gasteiger partial charge on any atom is 0.104 e. The average molecular weight is 925 g/mol. The van der Waals surface area contributed by atoms with Gasteiger partial charge in [-0.2, -0.15) is 5.26 Å². The number of pyridine rings is 1. The quantitative estimate of drug-likeness (QED) is 0.173. The van der Waals surface area contributed by atoms with Crippen LogP contribution >= 0.6 is 0 Å². The Labute approximate surface area is 416 Å². The highest BCUT2D eigenvalue weighted by molar-refractivity contribution is 6.17. The van der Waals surface area contributed by atoms with Gasteiger partial charge in [0.05, 0.1) is 66.9 Å². The number of hydrogen-bond acceptors (Lipinski definition) is 2. The lowest BCUT2D eigenvalue weighted by atomic mass is 9.92. The van der Waals surface area contributed by atoms with Gasteiger partial charge in [0, 0.05) is 60.0 Å². The number of rotatable bonds is 5. The molecular weight excluding hydrogens is 877 g/mol. The summed E-state index contributed by atoms with van der Waals surface area (Å²) < 4.78 is 9.79. The van der Waals surface area contributed by atoms with Gasteiger partial charge in [-0.3, -0.25) is 4.98 Å². The van der Waals surface area contributed by atoms with Crippen molar-refractivity contribution < 1.29 is 0 Å². The number of nitriles is 1. The Kier molecular flexibility index (Phi) is 8.94. The molecule has 6 heteroatoms. The largest absolute Gasteiger partial charge is 0.307 e. The molecule has 14 aromatic rings. The molecule has 0 aliphatic carbocycles. The van der Waals surface area contributed by atoms with Gasteiger partial charge in [-0.1, -0.05) is 119 Å². The van der Waals surface area contributed by atoms with Crippen molar-refractivity contribution in [2.24, 2.45) is 0 Å². The van der Waals surface area contributed by atoms with Crippen molar-refractivity contribution >= 4 is 87.2 Å². The zero-order chi connectivity index (χ0) is 48.7. The lowest BCUT2D eigenvalue weighted by Gasteiger charge is -2.29. The second-order valence-corrected chi connectivity index (χ2v) is 19.9. The van der Waals surface area contributed by atoms with Crippen molar-refractivity contribution in [2.45, 2.75) is 41.5 Å². The van der Waals surface area contributed by atoms with Crippen LogP contribution in [0.2, 0.25) is 0 Å². The van der Waals surface area contributed by atoms with Crippen LogP contribution in [-0.2, 0) is 0 Å². The summed E-state index contributed by atoms with van der Waals surface area (Å²) in [6.07, 6.45) is 0. The minimum absolute atomic E-state index is 0.553. The molecule has 14 rings (SSSR count). The van der Waals surface area contributed by atoms with E-state index in [9.17, 15) is 5.26 Å². The van der Waals surface area contributed by atoms with Gasteiger partial charge in [0.1, 0.15) is 11.6 Å². The monoisotopic (exact) mass is 924 g/mol. The summed E-state index contributed by atoms with van der Waals surface area (Å²) in [7, 11) is 0. The number of nitrogens with zero attached hydrogens (tertiary/aromatic N) is 6. The fourth-order valence-electron chi connectivity index (χ4n) is 12.2. The van der Waals surface area contributed by atoms with Crippen LogP contribution in [0.5, 0.6) is 0 Å². The normalized spacial score (nSPS) is 12.0. The van der Waals surface area contributed by atoms with Crippen LogP contribution in [0.1, 0.15) is 39.2 Å². The van der Waals surface area contributed by atoms with Gasteiger partial charge in [0.2, 0.25) is 0 Å². The van der Waals surface area contributed by atoms with E-state index in [2.05, 4.69) is 248 Å². The lowest BCUT2D eigenvalue weighted by Crippen LogP contribution is -2.16. The molecule has 0 atom stereocenters. The Balaban J connectivity index is 1.38. The summed E-state index contributed by atoms with van der Waals surface area (Å²) in [4.78, 5) is 5.01.